The Kier molecular flexibility index (Phi) is 8.89. The molecular formula is C24H25Cl2N3O5S2. The highest BCUT2D eigenvalue weighted by Crippen LogP contribution is 2.24. The third-order valence-corrected chi connectivity index (χ3v) is 8.40. The number of sulfonamides is 2. The Morgan fingerprint density at radius 1 is 0.889 bits per heavy atom. The molecule has 0 aliphatic heterocycles. The van der Waals surface area contributed by atoms with Crippen molar-refractivity contribution in [1.29, 1.82) is 0 Å². The summed E-state index contributed by atoms with van der Waals surface area (Å²) >= 11 is 11.9. The monoisotopic (exact) mass is 569 g/mol. The van der Waals surface area contributed by atoms with Crippen LogP contribution in [0, 0.1) is 6.92 Å². The van der Waals surface area contributed by atoms with Gasteiger partial charge in [0, 0.05) is 28.7 Å². The first-order valence-corrected chi connectivity index (χ1v) is 14.9. The van der Waals surface area contributed by atoms with Crippen LogP contribution in [0.1, 0.15) is 18.4 Å². The van der Waals surface area contributed by atoms with Gasteiger partial charge in [-0.15, -0.1) is 0 Å². The average molecular weight is 571 g/mol. The predicted molar refractivity (Wildman–Crippen MR) is 145 cm³/mol. The van der Waals surface area contributed by atoms with Crippen molar-refractivity contribution in [2.75, 3.05) is 27.1 Å². The maximum absolute atomic E-state index is 12.7. The first-order chi connectivity index (χ1) is 16.8. The van der Waals surface area contributed by atoms with E-state index in [0.717, 1.165) is 11.8 Å². The second kappa shape index (κ2) is 11.5. The number of rotatable bonds is 10. The van der Waals surface area contributed by atoms with E-state index in [4.69, 9.17) is 23.2 Å². The number of hydrogen-bond donors (Lipinski definition) is 2. The van der Waals surface area contributed by atoms with Crippen LogP contribution in [-0.4, -0.2) is 35.5 Å². The quantitative estimate of drug-likeness (QED) is 0.344. The summed E-state index contributed by atoms with van der Waals surface area (Å²) in [6.45, 7) is 1.93. The lowest BCUT2D eigenvalue weighted by Crippen LogP contribution is -2.31. The normalized spacial score (nSPS) is 11.7. The van der Waals surface area contributed by atoms with Crippen LogP contribution in [-0.2, 0) is 24.8 Å². The van der Waals surface area contributed by atoms with Gasteiger partial charge in [-0.25, -0.2) is 16.8 Å². The predicted octanol–water partition coefficient (Wildman–Crippen LogP) is 5.29. The van der Waals surface area contributed by atoms with Gasteiger partial charge in [-0.3, -0.25) is 13.8 Å². The van der Waals surface area contributed by atoms with Gasteiger partial charge in [0.2, 0.25) is 15.9 Å². The molecule has 12 heteroatoms. The average Bonchev–Trinajstić information content (AvgIpc) is 2.79. The van der Waals surface area contributed by atoms with Crippen LogP contribution in [0.4, 0.5) is 17.1 Å². The van der Waals surface area contributed by atoms with Gasteiger partial charge < -0.3 is 5.32 Å². The Balaban J connectivity index is 1.57. The Morgan fingerprint density at radius 2 is 1.50 bits per heavy atom. The number of hydrogen-bond acceptors (Lipinski definition) is 5. The van der Waals surface area contributed by atoms with E-state index >= 15 is 0 Å². The van der Waals surface area contributed by atoms with E-state index in [1.807, 2.05) is 6.92 Å². The Bertz CT molecular complexity index is 1440. The highest BCUT2D eigenvalue weighted by atomic mass is 35.5. The van der Waals surface area contributed by atoms with Crippen molar-refractivity contribution in [1.82, 2.24) is 0 Å². The molecule has 0 aromatic heterocycles. The minimum Gasteiger partial charge on any atom is -0.326 e. The van der Waals surface area contributed by atoms with Crippen LogP contribution in [0.3, 0.4) is 0 Å². The molecule has 0 spiro atoms. The molecular weight excluding hydrogens is 545 g/mol. The molecule has 3 aromatic carbocycles. The van der Waals surface area contributed by atoms with Crippen LogP contribution in [0.25, 0.3) is 0 Å². The molecule has 0 bridgehead atoms. The van der Waals surface area contributed by atoms with Crippen LogP contribution in [0.5, 0.6) is 0 Å². The SMILES string of the molecule is Cc1ccc(NS(=O)(=O)c2ccc(NC(=O)CCCN(c3ccc(Cl)cc3)S(C)(=O)=O)cc2)cc1Cl. The van der Waals surface area contributed by atoms with Crippen LogP contribution >= 0.6 is 23.2 Å². The molecule has 0 heterocycles. The number of nitrogens with zero attached hydrogens (tertiary/aromatic N) is 1. The second-order valence-corrected chi connectivity index (χ2v) is 12.5. The fourth-order valence-electron chi connectivity index (χ4n) is 3.29. The molecule has 3 aromatic rings. The number of nitrogens with one attached hydrogen (secondary N) is 2. The fourth-order valence-corrected chi connectivity index (χ4v) is 5.61. The van der Waals surface area contributed by atoms with Crippen molar-refractivity contribution in [3.8, 4) is 0 Å². The summed E-state index contributed by atoms with van der Waals surface area (Å²) < 4.78 is 53.3. The molecule has 0 radical (unpaired) electrons. The van der Waals surface area contributed by atoms with Crippen molar-refractivity contribution >= 4 is 66.2 Å². The van der Waals surface area contributed by atoms with E-state index in [2.05, 4.69) is 10.0 Å². The Labute approximate surface area is 221 Å². The number of aryl methyl sites for hydroxylation is 1. The van der Waals surface area contributed by atoms with Crippen molar-refractivity contribution in [2.45, 2.75) is 24.7 Å². The maximum Gasteiger partial charge on any atom is 0.261 e. The zero-order valence-corrected chi connectivity index (χ0v) is 22.7. The van der Waals surface area contributed by atoms with Crippen LogP contribution in [0.15, 0.2) is 71.6 Å². The van der Waals surface area contributed by atoms with Gasteiger partial charge in [0.1, 0.15) is 0 Å². The van der Waals surface area contributed by atoms with Gasteiger partial charge in [0.25, 0.3) is 10.0 Å². The smallest absolute Gasteiger partial charge is 0.261 e. The molecule has 0 saturated carbocycles. The van der Waals surface area contributed by atoms with Crippen molar-refractivity contribution in [3.63, 3.8) is 0 Å². The van der Waals surface area contributed by atoms with Gasteiger partial charge >= 0.3 is 0 Å². The Morgan fingerprint density at radius 3 is 2.08 bits per heavy atom. The van der Waals surface area contributed by atoms with Gasteiger partial charge in [0.15, 0.2) is 0 Å². The fraction of sp³-hybridized carbons (Fsp3) is 0.208. The zero-order valence-electron chi connectivity index (χ0n) is 19.5. The lowest BCUT2D eigenvalue weighted by Gasteiger charge is -2.22. The first-order valence-electron chi connectivity index (χ1n) is 10.8. The van der Waals surface area contributed by atoms with Gasteiger partial charge in [-0.2, -0.15) is 0 Å². The first kappa shape index (κ1) is 27.8. The topological polar surface area (TPSA) is 113 Å². The van der Waals surface area contributed by atoms with E-state index in [-0.39, 0.29) is 30.2 Å². The van der Waals surface area contributed by atoms with Crippen LogP contribution < -0.4 is 14.3 Å². The maximum atomic E-state index is 12.7. The summed E-state index contributed by atoms with van der Waals surface area (Å²) in [6, 6.07) is 16.9. The molecule has 2 N–H and O–H groups in total. The molecule has 0 saturated heterocycles. The summed E-state index contributed by atoms with van der Waals surface area (Å²) in [6.07, 6.45) is 1.44. The van der Waals surface area contributed by atoms with Crippen LogP contribution in [0.2, 0.25) is 10.0 Å². The second-order valence-electron chi connectivity index (χ2n) is 8.06. The molecule has 0 unspecified atom stereocenters. The molecule has 0 atom stereocenters. The molecule has 3 rings (SSSR count). The number of halogens is 2. The third kappa shape index (κ3) is 7.60. The largest absolute Gasteiger partial charge is 0.326 e. The highest BCUT2D eigenvalue weighted by Gasteiger charge is 2.18. The van der Waals surface area contributed by atoms with E-state index in [0.29, 0.717) is 27.1 Å². The molecule has 36 heavy (non-hydrogen) atoms. The summed E-state index contributed by atoms with van der Waals surface area (Å²) in [7, 11) is -7.39. The summed E-state index contributed by atoms with van der Waals surface area (Å²) in [5.74, 6) is -0.331. The van der Waals surface area contributed by atoms with E-state index in [1.54, 1.807) is 36.4 Å². The number of anilines is 3. The number of carbonyl (C=O) groups excluding carboxylic acids is 1. The summed E-state index contributed by atoms with van der Waals surface area (Å²) in [5.41, 5.74) is 2.04. The lowest BCUT2D eigenvalue weighted by molar-refractivity contribution is -0.116. The van der Waals surface area contributed by atoms with Crippen molar-refractivity contribution < 1.29 is 21.6 Å². The van der Waals surface area contributed by atoms with Crippen molar-refractivity contribution in [2.24, 2.45) is 0 Å². The molecule has 8 nitrogen and oxygen atoms in total. The molecule has 0 fully saturated rings. The Hall–Kier alpha value is -2.79. The van der Waals surface area contributed by atoms with E-state index < -0.39 is 20.0 Å². The van der Waals surface area contributed by atoms with Gasteiger partial charge in [-0.1, -0.05) is 29.3 Å². The number of amides is 1. The standard InChI is InChI=1S/C24H25Cl2N3O5S2/c1-17-5-8-20(16-23(17)26)28-36(33,34)22-13-9-19(10-14-22)27-24(30)4-3-15-29(35(2,31)32)21-11-6-18(25)7-12-21/h5-14,16,28H,3-4,15H2,1-2H3,(H,27,30). The third-order valence-electron chi connectivity index (χ3n) is 5.15. The summed E-state index contributed by atoms with van der Waals surface area (Å²) in [4.78, 5) is 12.4. The number of carbonyl (C=O) groups is 1. The zero-order chi connectivity index (χ0) is 26.5. The van der Waals surface area contributed by atoms with Gasteiger partial charge in [-0.05, 0) is 79.6 Å². The molecule has 1 amide bonds. The van der Waals surface area contributed by atoms with E-state index in [1.165, 1.54) is 34.6 Å². The van der Waals surface area contributed by atoms with Crippen molar-refractivity contribution in [3.05, 3.63) is 82.3 Å². The molecule has 0 aliphatic rings. The number of benzene rings is 3. The molecule has 192 valence electrons. The molecule has 0 aliphatic carbocycles. The van der Waals surface area contributed by atoms with E-state index in [9.17, 15) is 21.6 Å². The summed E-state index contributed by atoms with van der Waals surface area (Å²) in [5, 5.41) is 3.62. The highest BCUT2D eigenvalue weighted by molar-refractivity contribution is 7.92. The minimum absolute atomic E-state index is 0.0176. The lowest BCUT2D eigenvalue weighted by atomic mass is 10.2. The van der Waals surface area contributed by atoms with Gasteiger partial charge in [0.05, 0.1) is 22.5 Å². The minimum atomic E-state index is -3.85.